The number of aliphatic hydroxyl groups excluding tert-OH is 2. The molecule has 0 spiro atoms. The van der Waals surface area contributed by atoms with Crippen molar-refractivity contribution in [1.29, 1.82) is 0 Å². The first-order valence-electron chi connectivity index (χ1n) is 7.41. The highest BCUT2D eigenvalue weighted by atomic mass is 16.5. The highest BCUT2D eigenvalue weighted by Gasteiger charge is 2.06. The van der Waals surface area contributed by atoms with Gasteiger partial charge in [-0.3, -0.25) is 0 Å². The molecular formula is C16H27NO4. The van der Waals surface area contributed by atoms with Crippen LogP contribution in [0.15, 0.2) is 18.2 Å². The monoisotopic (exact) mass is 297 g/mol. The van der Waals surface area contributed by atoms with Crippen LogP contribution in [0.4, 0.5) is 0 Å². The van der Waals surface area contributed by atoms with E-state index >= 15 is 0 Å². The van der Waals surface area contributed by atoms with E-state index in [-0.39, 0.29) is 13.2 Å². The summed E-state index contributed by atoms with van der Waals surface area (Å²) in [4.78, 5) is 0. The molecule has 0 bridgehead atoms. The molecular weight excluding hydrogens is 270 g/mol. The zero-order valence-electron chi connectivity index (χ0n) is 13.0. The zero-order chi connectivity index (χ0) is 15.5. The van der Waals surface area contributed by atoms with Gasteiger partial charge in [0.05, 0.1) is 13.2 Å². The third-order valence-electron chi connectivity index (χ3n) is 3.03. The lowest BCUT2D eigenvalue weighted by Crippen LogP contribution is -2.32. The summed E-state index contributed by atoms with van der Waals surface area (Å²) >= 11 is 0. The summed E-state index contributed by atoms with van der Waals surface area (Å²) in [6.45, 7) is 6.60. The van der Waals surface area contributed by atoms with Crippen LogP contribution in [0.3, 0.4) is 0 Å². The molecule has 0 aliphatic heterocycles. The Morgan fingerprint density at radius 1 is 1.24 bits per heavy atom. The lowest BCUT2D eigenvalue weighted by atomic mass is 10.1. The van der Waals surface area contributed by atoms with E-state index in [1.165, 1.54) is 0 Å². The number of benzene rings is 1. The van der Waals surface area contributed by atoms with Gasteiger partial charge in [0, 0.05) is 13.2 Å². The largest absolute Gasteiger partial charge is 0.491 e. The third-order valence-corrected chi connectivity index (χ3v) is 3.03. The van der Waals surface area contributed by atoms with Gasteiger partial charge in [-0.05, 0) is 44.0 Å². The highest BCUT2D eigenvalue weighted by molar-refractivity contribution is 5.35. The van der Waals surface area contributed by atoms with Crippen molar-refractivity contribution in [2.75, 3.05) is 39.5 Å². The van der Waals surface area contributed by atoms with E-state index in [0.29, 0.717) is 19.8 Å². The molecule has 0 aromatic heterocycles. The molecule has 1 rings (SSSR count). The third kappa shape index (κ3) is 8.02. The van der Waals surface area contributed by atoms with Crippen LogP contribution in [0.25, 0.3) is 0 Å². The first-order valence-corrected chi connectivity index (χ1v) is 7.41. The Hall–Kier alpha value is -1.14. The molecule has 1 atom stereocenters. The summed E-state index contributed by atoms with van der Waals surface area (Å²) in [6, 6.07) is 6.04. The lowest BCUT2D eigenvalue weighted by molar-refractivity contribution is 0.0874. The molecule has 0 amide bonds. The van der Waals surface area contributed by atoms with Gasteiger partial charge in [0.2, 0.25) is 0 Å². The minimum atomic E-state index is -0.539. The molecule has 5 heteroatoms. The molecule has 0 aliphatic carbocycles. The van der Waals surface area contributed by atoms with Crippen LogP contribution in [0.1, 0.15) is 17.5 Å². The van der Waals surface area contributed by atoms with Crippen LogP contribution >= 0.6 is 0 Å². The Morgan fingerprint density at radius 3 is 2.81 bits per heavy atom. The summed E-state index contributed by atoms with van der Waals surface area (Å²) in [5.74, 6) is 0.825. The summed E-state index contributed by atoms with van der Waals surface area (Å²) < 4.78 is 10.8. The van der Waals surface area contributed by atoms with Crippen molar-refractivity contribution in [3.63, 3.8) is 0 Å². The first-order chi connectivity index (χ1) is 10.1. The maximum Gasteiger partial charge on any atom is 0.122 e. The second kappa shape index (κ2) is 10.6. The molecule has 0 saturated heterocycles. The summed E-state index contributed by atoms with van der Waals surface area (Å²) in [5.41, 5.74) is 2.22. The quantitative estimate of drug-likeness (QED) is 0.532. The maximum atomic E-state index is 9.86. The number of hydrogen-bond donors (Lipinski definition) is 3. The van der Waals surface area contributed by atoms with Crippen molar-refractivity contribution < 1.29 is 19.7 Å². The predicted molar refractivity (Wildman–Crippen MR) is 82.8 cm³/mol. The molecule has 1 aromatic rings. The van der Waals surface area contributed by atoms with E-state index in [4.69, 9.17) is 14.6 Å². The zero-order valence-corrected chi connectivity index (χ0v) is 13.0. The van der Waals surface area contributed by atoms with Crippen molar-refractivity contribution >= 4 is 0 Å². The fourth-order valence-corrected chi connectivity index (χ4v) is 1.84. The molecule has 3 N–H and O–H groups in total. The summed E-state index contributed by atoms with van der Waals surface area (Å²) in [7, 11) is 0. The second-order valence-corrected chi connectivity index (χ2v) is 5.13. The van der Waals surface area contributed by atoms with E-state index in [0.717, 1.165) is 29.8 Å². The molecule has 0 radical (unpaired) electrons. The SMILES string of the molecule is Cc1ccc(C)c(OCC(O)CNCCCOCCO)c1. The minimum absolute atomic E-state index is 0.0574. The number of aliphatic hydroxyl groups is 2. The Morgan fingerprint density at radius 2 is 2.05 bits per heavy atom. The number of hydrogen-bond acceptors (Lipinski definition) is 5. The number of aryl methyl sites for hydroxylation is 2. The molecule has 0 saturated carbocycles. The van der Waals surface area contributed by atoms with Crippen molar-refractivity contribution in [1.82, 2.24) is 5.32 Å². The van der Waals surface area contributed by atoms with Gasteiger partial charge in [0.1, 0.15) is 18.5 Å². The molecule has 0 aliphatic rings. The number of rotatable bonds is 11. The normalized spacial score (nSPS) is 12.4. The van der Waals surface area contributed by atoms with E-state index in [2.05, 4.69) is 5.32 Å². The fourth-order valence-electron chi connectivity index (χ4n) is 1.84. The number of ether oxygens (including phenoxy) is 2. The fraction of sp³-hybridized carbons (Fsp3) is 0.625. The Bertz CT molecular complexity index is 398. The molecule has 1 unspecified atom stereocenters. The standard InChI is InChI=1S/C16H27NO4/c1-13-4-5-14(2)16(10-13)21-12-15(19)11-17-6-3-8-20-9-7-18/h4-5,10,15,17-19H,3,6-9,11-12H2,1-2H3. The summed E-state index contributed by atoms with van der Waals surface area (Å²) in [6.07, 6.45) is 0.313. The van der Waals surface area contributed by atoms with Crippen molar-refractivity contribution in [2.45, 2.75) is 26.4 Å². The van der Waals surface area contributed by atoms with Crippen LogP contribution in [0, 0.1) is 13.8 Å². The van der Waals surface area contributed by atoms with Gasteiger partial charge < -0.3 is 25.0 Å². The molecule has 1 aromatic carbocycles. The molecule has 5 nitrogen and oxygen atoms in total. The van der Waals surface area contributed by atoms with Gasteiger partial charge in [-0.25, -0.2) is 0 Å². The van der Waals surface area contributed by atoms with Crippen LogP contribution in [-0.4, -0.2) is 55.8 Å². The average Bonchev–Trinajstić information content (AvgIpc) is 2.47. The van der Waals surface area contributed by atoms with Gasteiger partial charge in [-0.2, -0.15) is 0 Å². The van der Waals surface area contributed by atoms with Gasteiger partial charge >= 0.3 is 0 Å². The second-order valence-electron chi connectivity index (χ2n) is 5.13. The van der Waals surface area contributed by atoms with E-state index in [1.807, 2.05) is 32.0 Å². The van der Waals surface area contributed by atoms with Gasteiger partial charge in [0.25, 0.3) is 0 Å². The van der Waals surface area contributed by atoms with Crippen LogP contribution < -0.4 is 10.1 Å². The van der Waals surface area contributed by atoms with Crippen molar-refractivity contribution in [3.8, 4) is 5.75 Å². The van der Waals surface area contributed by atoms with Crippen molar-refractivity contribution in [2.24, 2.45) is 0 Å². The maximum absolute atomic E-state index is 9.86. The van der Waals surface area contributed by atoms with Crippen LogP contribution in [0.5, 0.6) is 5.75 Å². The topological polar surface area (TPSA) is 71.0 Å². The van der Waals surface area contributed by atoms with E-state index < -0.39 is 6.10 Å². The molecule has 0 fully saturated rings. The summed E-state index contributed by atoms with van der Waals surface area (Å²) in [5, 5.41) is 21.6. The Kier molecular flexibility index (Phi) is 9.01. The van der Waals surface area contributed by atoms with Crippen LogP contribution in [-0.2, 0) is 4.74 Å². The highest BCUT2D eigenvalue weighted by Crippen LogP contribution is 2.19. The van der Waals surface area contributed by atoms with Gasteiger partial charge in [-0.15, -0.1) is 0 Å². The van der Waals surface area contributed by atoms with E-state index in [9.17, 15) is 5.11 Å². The Labute approximate surface area is 126 Å². The average molecular weight is 297 g/mol. The lowest BCUT2D eigenvalue weighted by Gasteiger charge is -2.15. The molecule has 120 valence electrons. The molecule has 21 heavy (non-hydrogen) atoms. The molecule has 0 heterocycles. The Balaban J connectivity index is 2.11. The van der Waals surface area contributed by atoms with Gasteiger partial charge in [0.15, 0.2) is 0 Å². The number of nitrogens with one attached hydrogen (secondary N) is 1. The van der Waals surface area contributed by atoms with Crippen LogP contribution in [0.2, 0.25) is 0 Å². The first kappa shape index (κ1) is 17.9. The smallest absolute Gasteiger partial charge is 0.122 e. The minimum Gasteiger partial charge on any atom is -0.491 e. The van der Waals surface area contributed by atoms with Gasteiger partial charge in [-0.1, -0.05) is 12.1 Å². The van der Waals surface area contributed by atoms with Crippen molar-refractivity contribution in [3.05, 3.63) is 29.3 Å². The predicted octanol–water partition coefficient (Wildman–Crippen LogP) is 1.03. The van der Waals surface area contributed by atoms with E-state index in [1.54, 1.807) is 0 Å².